The molecule has 3 aromatic heterocycles. The summed E-state index contributed by atoms with van der Waals surface area (Å²) in [6, 6.07) is 88.6. The Bertz CT molecular complexity index is 5170. The monoisotopic (exact) mass is 1760 g/mol. The maximum atomic E-state index is 12.4. The van der Waals surface area contributed by atoms with Crippen LogP contribution in [0.25, 0.3) is 5.57 Å². The molecule has 31 heteroatoms. The molecular weight excluding hydrogens is 1650 g/mol. The molecule has 674 valence electrons. The Morgan fingerprint density at radius 1 is 0.625 bits per heavy atom. The number of likely N-dealkylation sites (N-methyl/N-ethyl adjacent to an activating group) is 1. The number of aromatic nitrogens is 3. The lowest BCUT2D eigenvalue weighted by molar-refractivity contribution is -0.116. The van der Waals surface area contributed by atoms with E-state index in [1.807, 2.05) is 203 Å². The van der Waals surface area contributed by atoms with Gasteiger partial charge in [-0.3, -0.25) is 67.4 Å². The third kappa shape index (κ3) is 38.9. The second-order valence-electron chi connectivity index (χ2n) is 29.0. The maximum Gasteiger partial charge on any atom is 0.414 e. The SMILES string of the molecule is CC(C)NNC(=O)c1ccncc1.CNCC1CN(c2ccc(OCc3cccc(Cl)c3)cc2)C(=O)O1.COc1ccc(/C(=C\F)CN)cc1OC.Cc1cc(C(=O)NNCc2ccccc2)no1.NC1(c2ccccc2)CC1.NC1CC1c1ccccc1.NNCCc1ccccc1.NNc1ccccc1.O=C(CCNNC(=O)c1ccncc1)Nc1ccccc1. The van der Waals surface area contributed by atoms with Gasteiger partial charge < -0.3 is 56.7 Å². The molecule has 0 bridgehead atoms. The zero-order chi connectivity index (χ0) is 91.9. The number of nitrogens with one attached hydrogen (secondary N) is 10. The van der Waals surface area contributed by atoms with Gasteiger partial charge in [0.2, 0.25) is 5.91 Å². The molecule has 1 saturated heterocycles. The van der Waals surface area contributed by atoms with E-state index in [1.165, 1.54) is 30.2 Å². The Morgan fingerprint density at radius 3 is 1.68 bits per heavy atom. The first-order valence-electron chi connectivity index (χ1n) is 41.4. The van der Waals surface area contributed by atoms with Gasteiger partial charge in [-0.15, -0.1) is 0 Å². The third-order valence-corrected chi connectivity index (χ3v) is 18.9. The number of ether oxygens (including phenoxy) is 4. The third-order valence-electron chi connectivity index (χ3n) is 18.7. The molecule has 0 spiro atoms. The lowest BCUT2D eigenvalue weighted by Crippen LogP contribution is -2.41. The van der Waals surface area contributed by atoms with Gasteiger partial charge >= 0.3 is 6.09 Å². The molecule has 128 heavy (non-hydrogen) atoms. The van der Waals surface area contributed by atoms with E-state index in [2.05, 4.69) is 118 Å². The number of amides is 5. The number of anilines is 3. The molecule has 2 saturated carbocycles. The van der Waals surface area contributed by atoms with Gasteiger partial charge in [0.1, 0.15) is 24.2 Å². The molecule has 3 fully saturated rings. The molecule has 29 nitrogen and oxygen atoms in total. The number of nitrogens with two attached hydrogens (primary N) is 5. The number of pyridine rings is 2. The summed E-state index contributed by atoms with van der Waals surface area (Å²) in [6.45, 7) is 9.15. The summed E-state index contributed by atoms with van der Waals surface area (Å²) in [4.78, 5) is 67.4. The number of carbonyl (C=O) groups is 5. The number of hydrogen-bond donors (Lipinski definition) is 15. The molecule has 2 aliphatic carbocycles. The van der Waals surface area contributed by atoms with Gasteiger partial charge in [-0.05, 0) is 184 Å². The van der Waals surface area contributed by atoms with Crippen LogP contribution in [0.4, 0.5) is 26.2 Å². The van der Waals surface area contributed by atoms with E-state index in [0.717, 1.165) is 59.7 Å². The van der Waals surface area contributed by atoms with Crippen LogP contribution in [0.2, 0.25) is 5.02 Å². The molecule has 4 heterocycles. The summed E-state index contributed by atoms with van der Waals surface area (Å²) < 4.78 is 38.5. The van der Waals surface area contributed by atoms with E-state index in [9.17, 15) is 28.4 Å². The number of hydrogen-bond acceptors (Lipinski definition) is 24. The summed E-state index contributed by atoms with van der Waals surface area (Å²) >= 11 is 5.96. The fraction of sp³-hybridized carbons (Fsp3) is 0.237. The van der Waals surface area contributed by atoms with Crippen LogP contribution in [-0.4, -0.2) is 117 Å². The minimum absolute atomic E-state index is 0.0429. The van der Waals surface area contributed by atoms with Crippen LogP contribution >= 0.6 is 11.6 Å². The average molecular weight is 1760 g/mol. The van der Waals surface area contributed by atoms with Crippen molar-refractivity contribution in [2.75, 3.05) is 69.6 Å². The largest absolute Gasteiger partial charge is 0.493 e. The van der Waals surface area contributed by atoms with Gasteiger partial charge in [0.15, 0.2) is 17.2 Å². The van der Waals surface area contributed by atoms with Crippen LogP contribution in [0.15, 0.2) is 315 Å². The van der Waals surface area contributed by atoms with E-state index >= 15 is 0 Å². The van der Waals surface area contributed by atoms with Gasteiger partial charge in [0.05, 0.1) is 27.1 Å². The van der Waals surface area contributed by atoms with E-state index in [-0.39, 0.29) is 66.1 Å². The molecule has 5 amide bonds. The number of nitrogen functional groups attached to an aromatic ring is 1. The van der Waals surface area contributed by atoms with E-state index < -0.39 is 0 Å². The van der Waals surface area contributed by atoms with Crippen molar-refractivity contribution in [3.8, 4) is 17.2 Å². The van der Waals surface area contributed by atoms with Crippen molar-refractivity contribution in [3.05, 3.63) is 371 Å². The summed E-state index contributed by atoms with van der Waals surface area (Å²) in [6.07, 6.45) is 11.0. The maximum absolute atomic E-state index is 12.4. The van der Waals surface area contributed by atoms with Crippen molar-refractivity contribution in [1.29, 1.82) is 0 Å². The number of carbonyl (C=O) groups excluding carboxylic acids is 5. The van der Waals surface area contributed by atoms with E-state index in [1.54, 1.807) is 92.3 Å². The Kier molecular flexibility index (Phi) is 45.8. The van der Waals surface area contributed by atoms with Crippen molar-refractivity contribution >= 4 is 64.0 Å². The highest BCUT2D eigenvalue weighted by Gasteiger charge is 2.39. The zero-order valence-electron chi connectivity index (χ0n) is 72.8. The van der Waals surface area contributed by atoms with Crippen molar-refractivity contribution in [1.82, 2.24) is 58.4 Å². The summed E-state index contributed by atoms with van der Waals surface area (Å²) in [5, 5.41) is 10.1. The van der Waals surface area contributed by atoms with Crippen LogP contribution < -0.4 is 102 Å². The van der Waals surface area contributed by atoms with Gasteiger partial charge in [-0.2, -0.15) is 0 Å². The first kappa shape index (κ1) is 101. The summed E-state index contributed by atoms with van der Waals surface area (Å²) in [5.74, 6) is 12.6. The molecular formula is C97H117ClFN19O10. The van der Waals surface area contributed by atoms with Crippen molar-refractivity contribution < 1.29 is 51.8 Å². The number of rotatable bonds is 29. The number of cyclic esters (lactones) is 1. The Balaban J connectivity index is 0.000000201. The molecule has 3 unspecified atom stereocenters. The Labute approximate surface area is 752 Å². The van der Waals surface area contributed by atoms with Crippen LogP contribution in [0.1, 0.15) is 116 Å². The number of aryl methyl sites for hydroxylation is 1. The first-order chi connectivity index (χ1) is 62.2. The van der Waals surface area contributed by atoms with Crippen molar-refractivity contribution in [2.45, 2.75) is 95.7 Å². The van der Waals surface area contributed by atoms with Gasteiger partial charge in [-0.25, -0.2) is 25.5 Å². The van der Waals surface area contributed by atoms with E-state index in [4.69, 9.17) is 64.0 Å². The lowest BCUT2D eigenvalue weighted by Gasteiger charge is -2.14. The average Bonchev–Trinajstić information content (AvgIpc) is 1.65. The lowest BCUT2D eigenvalue weighted by atomic mass is 10.1. The number of para-hydroxylation sites is 2. The predicted molar refractivity (Wildman–Crippen MR) is 503 cm³/mol. The minimum atomic E-state index is -0.317. The molecule has 1 aliphatic heterocycles. The van der Waals surface area contributed by atoms with Gasteiger partial charge in [0.25, 0.3) is 17.7 Å². The molecule has 3 atom stereocenters. The number of halogens is 2. The Hall–Kier alpha value is -13.6. The molecule has 0 radical (unpaired) electrons. The number of nitrogens with zero attached hydrogens (tertiary/aromatic N) is 4. The topological polar surface area (TPSA) is 428 Å². The molecule has 15 rings (SSSR count). The Morgan fingerprint density at radius 2 is 1.17 bits per heavy atom. The molecule has 20 N–H and O–H groups in total. The van der Waals surface area contributed by atoms with E-state index in [0.29, 0.717) is 95.6 Å². The van der Waals surface area contributed by atoms with Crippen LogP contribution in [0.3, 0.4) is 0 Å². The molecule has 3 aliphatic rings. The minimum Gasteiger partial charge on any atom is -0.493 e. The molecule has 9 aromatic carbocycles. The smallest absolute Gasteiger partial charge is 0.414 e. The molecule has 12 aromatic rings. The van der Waals surface area contributed by atoms with Crippen LogP contribution in [0.5, 0.6) is 17.2 Å². The van der Waals surface area contributed by atoms with Gasteiger partial charge in [-0.1, -0.05) is 193 Å². The van der Waals surface area contributed by atoms with Crippen LogP contribution in [0, 0.1) is 6.92 Å². The normalized spacial score (nSPS) is 13.8. The fourth-order valence-electron chi connectivity index (χ4n) is 11.5. The fourth-order valence-corrected chi connectivity index (χ4v) is 11.7. The van der Waals surface area contributed by atoms with Crippen LogP contribution in [-0.2, 0) is 34.6 Å². The summed E-state index contributed by atoms with van der Waals surface area (Å²) in [5.41, 5.74) is 49.4. The highest BCUT2D eigenvalue weighted by molar-refractivity contribution is 6.30. The number of hydrazine groups is 5. The highest BCUT2D eigenvalue weighted by atomic mass is 35.5. The second-order valence-corrected chi connectivity index (χ2v) is 29.5. The second kappa shape index (κ2) is 57.8. The van der Waals surface area contributed by atoms with Crippen molar-refractivity contribution in [2.24, 2.45) is 28.9 Å². The number of methoxy groups -OCH3 is 2. The number of benzene rings is 9. The van der Waals surface area contributed by atoms with Crippen molar-refractivity contribution in [3.63, 3.8) is 0 Å². The zero-order valence-corrected chi connectivity index (χ0v) is 73.5. The highest BCUT2D eigenvalue weighted by Crippen LogP contribution is 2.42. The standard InChI is InChI=1S/C18H19ClN2O3.C15H16N4O2.C12H13N3O2.C11H14FNO2.C9H13N3O.2C9H11N.C8H12N2.C6H8N2/c1-20-10-17-11-21(18(22)24-17)15-5-7-16(8-6-15)23-12-13-3-2-4-14(19)9-13;20-14(18-13-4-2-1-3-5-13)8-11-17-19-15(21)12-6-9-16-10-7-12;1-9-7-11(15-17-9)12(16)14-13-8-10-5-3-2-4-6-10;1-14-10-4-3-8(5-11(10)15-2)9(6-12)7-13;1-7(2)11-12-9(13)8-3-5-10-6-4-8;10-9(6-7-9)8-4-2-1-3-5-8;10-9-6-8(9)7-4-2-1-3-5-7;9-10-7-6-8-4-2-1-3-5-8;7-8-6-4-2-1-3-5-6/h2-9,17,20H,10-12H2,1H3;1-7,9-10,17H,8,11H2,(H,18,20)(H,19,21);2-7,13H,8H2,1H3,(H,14,16);3-6H,7,13H2,1-2H3;3-7,11H,1-2H3,(H,12,13);1-5H,6-7,10H2;1-5,8-9H,6,10H2;1-5,10H,6-7,9H2;1-5,8H,7H2/b;;;9-6-;;;;;. The predicted octanol–water partition coefficient (Wildman–Crippen LogP) is 13.7. The first-order valence-corrected chi connectivity index (χ1v) is 41.8. The quantitative estimate of drug-likeness (QED) is 0.0118. The van der Waals surface area contributed by atoms with Gasteiger partial charge in [0, 0.05) is 132 Å². The summed E-state index contributed by atoms with van der Waals surface area (Å²) in [7, 11) is 4.91.